The van der Waals surface area contributed by atoms with Crippen LogP contribution in [0.3, 0.4) is 0 Å². The molecule has 0 bridgehead atoms. The van der Waals surface area contributed by atoms with Crippen molar-refractivity contribution in [2.45, 2.75) is 26.4 Å². The molecular formula is C17H19N2O2+. The van der Waals surface area contributed by atoms with Crippen LogP contribution in [0.1, 0.15) is 35.8 Å². The van der Waals surface area contributed by atoms with Crippen LogP contribution < -0.4 is 9.88 Å². The Balaban J connectivity index is 1.99. The summed E-state index contributed by atoms with van der Waals surface area (Å²) in [6, 6.07) is 13.3. The SMILES string of the molecule is CC(=O)c1ccc[n+](CC(=O)N[C@@H](C)c2ccccc2)c1. The van der Waals surface area contributed by atoms with E-state index in [9.17, 15) is 9.59 Å². The van der Waals surface area contributed by atoms with Crippen LogP contribution >= 0.6 is 0 Å². The second kappa shape index (κ2) is 6.79. The molecule has 0 aliphatic carbocycles. The predicted octanol–water partition coefficient (Wildman–Crippen LogP) is 2.05. The first-order valence-corrected chi connectivity index (χ1v) is 6.90. The van der Waals surface area contributed by atoms with Gasteiger partial charge in [-0.05, 0) is 25.5 Å². The molecule has 0 spiro atoms. The number of aromatic nitrogens is 1. The van der Waals surface area contributed by atoms with E-state index in [1.165, 1.54) is 6.92 Å². The normalized spacial score (nSPS) is 11.7. The van der Waals surface area contributed by atoms with Crippen molar-refractivity contribution in [3.05, 3.63) is 66.0 Å². The first-order chi connectivity index (χ1) is 10.1. The zero-order valence-corrected chi connectivity index (χ0v) is 12.2. The van der Waals surface area contributed by atoms with Crippen LogP contribution in [0.4, 0.5) is 0 Å². The summed E-state index contributed by atoms with van der Waals surface area (Å²) in [6.07, 6.45) is 3.47. The van der Waals surface area contributed by atoms with Gasteiger partial charge < -0.3 is 5.32 Å². The Bertz CT molecular complexity index is 638. The lowest BCUT2D eigenvalue weighted by Gasteiger charge is -2.12. The number of benzene rings is 1. The van der Waals surface area contributed by atoms with E-state index in [-0.39, 0.29) is 24.3 Å². The van der Waals surface area contributed by atoms with Gasteiger partial charge in [0.25, 0.3) is 5.91 Å². The lowest BCUT2D eigenvalue weighted by atomic mass is 10.1. The van der Waals surface area contributed by atoms with Gasteiger partial charge in [0.1, 0.15) is 0 Å². The number of pyridine rings is 1. The fourth-order valence-corrected chi connectivity index (χ4v) is 2.11. The number of nitrogens with zero attached hydrogens (tertiary/aromatic N) is 1. The summed E-state index contributed by atoms with van der Waals surface area (Å²) >= 11 is 0. The number of rotatable bonds is 5. The zero-order valence-electron chi connectivity index (χ0n) is 12.2. The van der Waals surface area contributed by atoms with E-state index in [4.69, 9.17) is 0 Å². The van der Waals surface area contributed by atoms with Crippen molar-refractivity contribution in [3.63, 3.8) is 0 Å². The molecule has 21 heavy (non-hydrogen) atoms. The molecule has 0 saturated heterocycles. The summed E-state index contributed by atoms with van der Waals surface area (Å²) in [7, 11) is 0. The van der Waals surface area contributed by atoms with Crippen LogP contribution in [0.25, 0.3) is 0 Å². The molecule has 1 atom stereocenters. The van der Waals surface area contributed by atoms with Gasteiger partial charge >= 0.3 is 0 Å². The van der Waals surface area contributed by atoms with Gasteiger partial charge in [0.05, 0.1) is 11.6 Å². The van der Waals surface area contributed by atoms with E-state index in [1.807, 2.05) is 37.3 Å². The van der Waals surface area contributed by atoms with Crippen molar-refractivity contribution in [1.29, 1.82) is 0 Å². The van der Waals surface area contributed by atoms with E-state index in [0.29, 0.717) is 5.56 Å². The van der Waals surface area contributed by atoms with Crippen LogP contribution in [0.15, 0.2) is 54.9 Å². The highest BCUT2D eigenvalue weighted by atomic mass is 16.2. The molecule has 1 amide bonds. The second-order valence-corrected chi connectivity index (χ2v) is 5.02. The minimum atomic E-state index is -0.0861. The first kappa shape index (κ1) is 14.9. The molecule has 0 aliphatic rings. The largest absolute Gasteiger partial charge is 0.344 e. The number of carbonyl (C=O) groups excluding carboxylic acids is 2. The lowest BCUT2D eigenvalue weighted by Crippen LogP contribution is -2.43. The third-order valence-corrected chi connectivity index (χ3v) is 3.27. The second-order valence-electron chi connectivity index (χ2n) is 5.02. The van der Waals surface area contributed by atoms with Gasteiger partial charge in [-0.25, -0.2) is 0 Å². The number of ketones is 1. The number of carbonyl (C=O) groups is 2. The maximum atomic E-state index is 12.1. The summed E-state index contributed by atoms with van der Waals surface area (Å²) < 4.78 is 1.71. The topological polar surface area (TPSA) is 50.0 Å². The summed E-state index contributed by atoms with van der Waals surface area (Å²) in [5.41, 5.74) is 1.66. The molecule has 0 unspecified atom stereocenters. The van der Waals surface area contributed by atoms with Crippen molar-refractivity contribution in [3.8, 4) is 0 Å². The van der Waals surface area contributed by atoms with Gasteiger partial charge in [0.2, 0.25) is 6.54 Å². The fourth-order valence-electron chi connectivity index (χ4n) is 2.11. The van der Waals surface area contributed by atoms with Gasteiger partial charge in [-0.3, -0.25) is 9.59 Å². The van der Waals surface area contributed by atoms with Crippen LogP contribution in [0.5, 0.6) is 0 Å². The van der Waals surface area contributed by atoms with Crippen LogP contribution in [0.2, 0.25) is 0 Å². The Labute approximate surface area is 124 Å². The van der Waals surface area contributed by atoms with E-state index in [0.717, 1.165) is 5.56 Å². The molecule has 4 heteroatoms. The Hall–Kier alpha value is -2.49. The number of hydrogen-bond donors (Lipinski definition) is 1. The zero-order chi connectivity index (χ0) is 15.2. The molecule has 2 rings (SSSR count). The summed E-state index contributed by atoms with van der Waals surface area (Å²) in [5, 5.41) is 2.95. The highest BCUT2D eigenvalue weighted by Gasteiger charge is 2.14. The van der Waals surface area contributed by atoms with Gasteiger partial charge in [-0.2, -0.15) is 4.57 Å². The predicted molar refractivity (Wildman–Crippen MR) is 79.6 cm³/mol. The van der Waals surface area contributed by atoms with Gasteiger partial charge in [0.15, 0.2) is 18.2 Å². The molecule has 4 nitrogen and oxygen atoms in total. The summed E-state index contributed by atoms with van der Waals surface area (Å²) in [4.78, 5) is 23.4. The van der Waals surface area contributed by atoms with Crippen molar-refractivity contribution in [2.75, 3.05) is 0 Å². The minimum absolute atomic E-state index is 0.0117. The summed E-state index contributed by atoms with van der Waals surface area (Å²) in [5.74, 6) is -0.0977. The molecule has 0 radical (unpaired) electrons. The Morgan fingerprint density at radius 2 is 1.86 bits per heavy atom. The Kier molecular flexibility index (Phi) is 4.82. The van der Waals surface area contributed by atoms with Crippen molar-refractivity contribution in [2.24, 2.45) is 0 Å². The van der Waals surface area contributed by atoms with Crippen molar-refractivity contribution < 1.29 is 14.2 Å². The highest BCUT2D eigenvalue weighted by Crippen LogP contribution is 2.10. The quantitative estimate of drug-likeness (QED) is 0.674. The number of amides is 1. The van der Waals surface area contributed by atoms with E-state index < -0.39 is 0 Å². The smallest absolute Gasteiger partial charge is 0.286 e. The van der Waals surface area contributed by atoms with E-state index >= 15 is 0 Å². The molecule has 108 valence electrons. The number of Topliss-reactive ketones (excluding diaryl/α,β-unsaturated/α-hetero) is 1. The minimum Gasteiger partial charge on any atom is -0.344 e. The fraction of sp³-hybridized carbons (Fsp3) is 0.235. The van der Waals surface area contributed by atoms with Crippen LogP contribution in [-0.2, 0) is 11.3 Å². The molecule has 1 aromatic heterocycles. The Morgan fingerprint density at radius 1 is 1.14 bits per heavy atom. The first-order valence-electron chi connectivity index (χ1n) is 6.90. The van der Waals surface area contributed by atoms with Crippen LogP contribution in [-0.4, -0.2) is 11.7 Å². The van der Waals surface area contributed by atoms with Gasteiger partial charge in [-0.1, -0.05) is 30.3 Å². The van der Waals surface area contributed by atoms with Gasteiger partial charge in [-0.15, -0.1) is 0 Å². The van der Waals surface area contributed by atoms with E-state index in [1.54, 1.807) is 29.1 Å². The highest BCUT2D eigenvalue weighted by molar-refractivity contribution is 5.93. The molecule has 0 aliphatic heterocycles. The maximum absolute atomic E-state index is 12.1. The summed E-state index contributed by atoms with van der Waals surface area (Å²) in [6.45, 7) is 3.65. The molecule has 2 aromatic rings. The van der Waals surface area contributed by atoms with Crippen molar-refractivity contribution in [1.82, 2.24) is 5.32 Å². The third-order valence-electron chi connectivity index (χ3n) is 3.27. The monoisotopic (exact) mass is 283 g/mol. The number of nitrogens with one attached hydrogen (secondary N) is 1. The molecular weight excluding hydrogens is 264 g/mol. The molecule has 1 aromatic carbocycles. The third kappa shape index (κ3) is 4.24. The molecule has 1 heterocycles. The van der Waals surface area contributed by atoms with Gasteiger partial charge in [0, 0.05) is 6.07 Å². The van der Waals surface area contributed by atoms with E-state index in [2.05, 4.69) is 5.32 Å². The lowest BCUT2D eigenvalue weighted by molar-refractivity contribution is -0.684. The standard InChI is InChI=1S/C17H18N2O2/c1-13(15-7-4-3-5-8-15)18-17(21)12-19-10-6-9-16(11-19)14(2)20/h3-11,13H,12H2,1-2H3/p+1/t13-/m0/s1. The Morgan fingerprint density at radius 3 is 2.52 bits per heavy atom. The molecule has 0 saturated carbocycles. The average Bonchev–Trinajstić information content (AvgIpc) is 2.48. The van der Waals surface area contributed by atoms with Crippen LogP contribution in [0, 0.1) is 0 Å². The molecule has 1 N–H and O–H groups in total. The average molecular weight is 283 g/mol. The maximum Gasteiger partial charge on any atom is 0.286 e. The number of hydrogen-bond acceptors (Lipinski definition) is 2. The van der Waals surface area contributed by atoms with Crippen molar-refractivity contribution >= 4 is 11.7 Å². The molecule has 0 fully saturated rings.